The van der Waals surface area contributed by atoms with Crippen molar-refractivity contribution in [2.75, 3.05) is 5.75 Å². The van der Waals surface area contributed by atoms with Crippen molar-refractivity contribution in [2.24, 2.45) is 0 Å². The maximum atomic E-state index is 4.84. The number of hydrogen-bond donors (Lipinski definition) is 1. The predicted molar refractivity (Wildman–Crippen MR) is 27.3 cm³/mol. The molecule has 0 fully saturated rings. The summed E-state index contributed by atoms with van der Waals surface area (Å²) >= 11 is 3.86. The van der Waals surface area contributed by atoms with Gasteiger partial charge >= 0.3 is 0 Å². The normalized spacial score (nSPS) is 6.40. The molecule has 0 rings (SSSR count). The maximum absolute atomic E-state index is 4.84. The zero-order chi connectivity index (χ0) is 4.12. The molecule has 0 amide bonds. The van der Waals surface area contributed by atoms with E-state index in [9.17, 15) is 0 Å². The van der Waals surface area contributed by atoms with Crippen molar-refractivity contribution in [1.82, 2.24) is 0 Å². The summed E-state index contributed by atoms with van der Waals surface area (Å²) < 4.78 is 0. The quantitative estimate of drug-likeness (QED) is 0.356. The van der Waals surface area contributed by atoms with Gasteiger partial charge in [-0.2, -0.15) is 12.6 Å². The molecule has 28 valence electrons. The van der Waals surface area contributed by atoms with Gasteiger partial charge in [0.05, 0.1) is 0 Å². The molecule has 0 aliphatic heterocycles. The van der Waals surface area contributed by atoms with Gasteiger partial charge in [0.2, 0.25) is 0 Å². The smallest absolute Gasteiger partial charge is 0.0174 e. The van der Waals surface area contributed by atoms with E-state index in [2.05, 4.69) is 18.5 Å². The van der Waals surface area contributed by atoms with Crippen molar-refractivity contribution >= 4 is 12.6 Å². The van der Waals surface area contributed by atoms with Crippen LogP contribution in [0, 0.1) is 12.3 Å². The lowest BCUT2D eigenvalue weighted by atomic mass is 10.5. The Labute approximate surface area is 38.0 Å². The minimum atomic E-state index is 0.781. The lowest BCUT2D eigenvalue weighted by Gasteiger charge is -1.69. The standard InChI is InChI=1S/C4H6S/c1-2-3-4-5/h1,5H,3-4H2. The Balaban J connectivity index is 2.48. The lowest BCUT2D eigenvalue weighted by molar-refractivity contribution is 1.31. The summed E-state index contributed by atoms with van der Waals surface area (Å²) in [6, 6.07) is 0. The molecule has 0 atom stereocenters. The second-order valence-electron chi connectivity index (χ2n) is 0.678. The molecule has 0 unspecified atom stereocenters. The van der Waals surface area contributed by atoms with E-state index >= 15 is 0 Å². The Morgan fingerprint density at radius 2 is 2.40 bits per heavy atom. The molecule has 0 radical (unpaired) electrons. The molecule has 0 heterocycles. The van der Waals surface area contributed by atoms with Crippen LogP contribution in [0.25, 0.3) is 0 Å². The van der Waals surface area contributed by atoms with E-state index < -0.39 is 0 Å². The highest BCUT2D eigenvalue weighted by molar-refractivity contribution is 7.80. The summed E-state index contributed by atoms with van der Waals surface area (Å²) in [7, 11) is 0. The molecular formula is C4H6S. The summed E-state index contributed by atoms with van der Waals surface area (Å²) in [5.74, 6) is 3.24. The fraction of sp³-hybridized carbons (Fsp3) is 0.500. The highest BCUT2D eigenvalue weighted by Gasteiger charge is 1.62. The van der Waals surface area contributed by atoms with Crippen LogP contribution in [0.3, 0.4) is 0 Å². The van der Waals surface area contributed by atoms with Crippen LogP contribution in [0.1, 0.15) is 6.42 Å². The third-order valence-corrected chi connectivity index (χ3v) is 0.480. The van der Waals surface area contributed by atoms with Crippen LogP contribution < -0.4 is 0 Å². The van der Waals surface area contributed by atoms with Gasteiger partial charge in [-0.3, -0.25) is 0 Å². The van der Waals surface area contributed by atoms with Gasteiger partial charge in [0.1, 0.15) is 0 Å². The molecule has 0 aromatic heterocycles. The van der Waals surface area contributed by atoms with Crippen LogP contribution in [-0.4, -0.2) is 5.75 Å². The van der Waals surface area contributed by atoms with Crippen LogP contribution in [0.5, 0.6) is 0 Å². The third-order valence-electron chi connectivity index (χ3n) is 0.256. The molecule has 0 N–H and O–H groups in total. The van der Waals surface area contributed by atoms with Crippen LogP contribution in [0.4, 0.5) is 0 Å². The molecule has 0 bridgehead atoms. The van der Waals surface area contributed by atoms with Crippen molar-refractivity contribution in [3.05, 3.63) is 0 Å². The van der Waals surface area contributed by atoms with Gasteiger partial charge in [-0.25, -0.2) is 0 Å². The van der Waals surface area contributed by atoms with Gasteiger partial charge < -0.3 is 0 Å². The Bertz CT molecular complexity index is 42.1. The van der Waals surface area contributed by atoms with E-state index in [0.29, 0.717) is 0 Å². The van der Waals surface area contributed by atoms with E-state index in [-0.39, 0.29) is 0 Å². The SMILES string of the molecule is C#CCCS. The van der Waals surface area contributed by atoms with E-state index in [0.717, 1.165) is 12.2 Å². The Morgan fingerprint density at radius 3 is 2.40 bits per heavy atom. The van der Waals surface area contributed by atoms with Gasteiger partial charge in [-0.1, -0.05) is 0 Å². The number of thiol groups is 1. The minimum absolute atomic E-state index is 0.781. The van der Waals surface area contributed by atoms with Gasteiger partial charge in [0.15, 0.2) is 0 Å². The molecule has 0 saturated carbocycles. The minimum Gasteiger partial charge on any atom is -0.178 e. The molecule has 0 saturated heterocycles. The van der Waals surface area contributed by atoms with Gasteiger partial charge in [0, 0.05) is 12.2 Å². The molecule has 0 aromatic rings. The first kappa shape index (κ1) is 4.91. The van der Waals surface area contributed by atoms with E-state index in [1.807, 2.05) is 0 Å². The first-order valence-electron chi connectivity index (χ1n) is 1.46. The highest BCUT2D eigenvalue weighted by atomic mass is 32.1. The van der Waals surface area contributed by atoms with Crippen LogP contribution >= 0.6 is 12.6 Å². The van der Waals surface area contributed by atoms with Gasteiger partial charge in [-0.05, 0) is 0 Å². The van der Waals surface area contributed by atoms with E-state index in [1.54, 1.807) is 0 Å². The number of rotatable bonds is 1. The fourth-order valence-corrected chi connectivity index (χ4v) is 0.194. The molecule has 1 heteroatoms. The maximum Gasteiger partial charge on any atom is 0.0174 e. The molecule has 5 heavy (non-hydrogen) atoms. The average Bonchev–Trinajstić information content (AvgIpc) is 1.41. The van der Waals surface area contributed by atoms with Crippen LogP contribution in [0.15, 0.2) is 0 Å². The van der Waals surface area contributed by atoms with E-state index in [1.165, 1.54) is 0 Å². The van der Waals surface area contributed by atoms with Gasteiger partial charge in [0.25, 0.3) is 0 Å². The van der Waals surface area contributed by atoms with Crippen molar-refractivity contribution < 1.29 is 0 Å². The summed E-state index contributed by atoms with van der Waals surface area (Å²) in [5.41, 5.74) is 0. The molecule has 0 aromatic carbocycles. The van der Waals surface area contributed by atoms with E-state index in [4.69, 9.17) is 6.42 Å². The van der Waals surface area contributed by atoms with Crippen molar-refractivity contribution in [3.8, 4) is 12.3 Å². The second-order valence-corrected chi connectivity index (χ2v) is 1.12. The summed E-state index contributed by atoms with van der Waals surface area (Å²) in [6.07, 6.45) is 5.62. The number of terminal acetylenes is 1. The Morgan fingerprint density at radius 1 is 1.80 bits per heavy atom. The average molecular weight is 86.2 g/mol. The summed E-state index contributed by atoms with van der Waals surface area (Å²) in [5, 5.41) is 0. The second kappa shape index (κ2) is 3.91. The Hall–Kier alpha value is -0.0900. The first-order valence-corrected chi connectivity index (χ1v) is 2.09. The Kier molecular flexibility index (Phi) is 3.84. The zero-order valence-corrected chi connectivity index (χ0v) is 3.83. The molecule has 0 nitrogen and oxygen atoms in total. The first-order chi connectivity index (χ1) is 2.41. The van der Waals surface area contributed by atoms with Crippen LogP contribution in [0.2, 0.25) is 0 Å². The zero-order valence-electron chi connectivity index (χ0n) is 2.94. The van der Waals surface area contributed by atoms with Crippen molar-refractivity contribution in [2.45, 2.75) is 6.42 Å². The molecule has 0 aliphatic carbocycles. The van der Waals surface area contributed by atoms with Crippen LogP contribution in [-0.2, 0) is 0 Å². The summed E-state index contributed by atoms with van der Waals surface area (Å²) in [4.78, 5) is 0. The largest absolute Gasteiger partial charge is 0.178 e. The van der Waals surface area contributed by atoms with Gasteiger partial charge in [-0.15, -0.1) is 12.3 Å². The molecular weight excluding hydrogens is 80.1 g/mol. The topological polar surface area (TPSA) is 0 Å². The molecule has 0 spiro atoms. The predicted octanol–water partition coefficient (Wildman–Crippen LogP) is 0.940. The van der Waals surface area contributed by atoms with Crippen molar-refractivity contribution in [1.29, 1.82) is 0 Å². The lowest BCUT2D eigenvalue weighted by Crippen LogP contribution is -1.61. The highest BCUT2D eigenvalue weighted by Crippen LogP contribution is 1.75. The van der Waals surface area contributed by atoms with Crippen molar-refractivity contribution in [3.63, 3.8) is 0 Å². The fourth-order valence-electron chi connectivity index (χ4n) is 0.0645. The monoisotopic (exact) mass is 86.0 g/mol. The third kappa shape index (κ3) is 3.91. The molecule has 0 aliphatic rings. The number of hydrogen-bond acceptors (Lipinski definition) is 1. The summed E-state index contributed by atoms with van der Waals surface area (Å²) in [6.45, 7) is 0.